The lowest BCUT2D eigenvalue weighted by atomic mass is 9.93. The van der Waals surface area contributed by atoms with Crippen LogP contribution >= 0.6 is 11.5 Å². The Balaban J connectivity index is 2.05. The lowest BCUT2D eigenvalue weighted by Gasteiger charge is -2.28. The van der Waals surface area contributed by atoms with Crippen LogP contribution in [0.4, 0.5) is 5.13 Å². The average molecular weight is 285 g/mol. The summed E-state index contributed by atoms with van der Waals surface area (Å²) in [5.41, 5.74) is -0.270. The summed E-state index contributed by atoms with van der Waals surface area (Å²) in [6.07, 6.45) is 7.01. The van der Waals surface area contributed by atoms with Gasteiger partial charge in [-0.1, -0.05) is 25.7 Å². The van der Waals surface area contributed by atoms with Crippen molar-refractivity contribution in [3.63, 3.8) is 0 Å². The van der Waals surface area contributed by atoms with Crippen LogP contribution in [0.5, 0.6) is 0 Å². The van der Waals surface area contributed by atoms with Crippen molar-refractivity contribution in [3.05, 3.63) is 5.82 Å². The quantitative estimate of drug-likeness (QED) is 0.643. The summed E-state index contributed by atoms with van der Waals surface area (Å²) >= 11 is 1.41. The lowest BCUT2D eigenvalue weighted by Crippen LogP contribution is -2.29. The Morgan fingerprint density at radius 3 is 2.58 bits per heavy atom. The molecule has 0 bridgehead atoms. The Hall–Kier alpha value is -0.720. The molecular formula is C13H23N3O2S. The van der Waals surface area contributed by atoms with Crippen molar-refractivity contribution in [2.45, 2.75) is 44.1 Å². The second-order valence-corrected chi connectivity index (χ2v) is 5.71. The van der Waals surface area contributed by atoms with Gasteiger partial charge in [0.2, 0.25) is 5.13 Å². The molecule has 19 heavy (non-hydrogen) atoms. The number of ether oxygens (including phenoxy) is 2. The first-order valence-corrected chi connectivity index (χ1v) is 7.70. The van der Waals surface area contributed by atoms with E-state index in [9.17, 15) is 0 Å². The van der Waals surface area contributed by atoms with Gasteiger partial charge in [0.05, 0.1) is 6.61 Å². The first kappa shape index (κ1) is 14.7. The van der Waals surface area contributed by atoms with Gasteiger partial charge in [0.15, 0.2) is 5.82 Å². The van der Waals surface area contributed by atoms with E-state index in [2.05, 4.69) is 14.7 Å². The first-order chi connectivity index (χ1) is 9.30. The molecule has 0 saturated heterocycles. The van der Waals surface area contributed by atoms with Gasteiger partial charge in [0.1, 0.15) is 5.60 Å². The van der Waals surface area contributed by atoms with Crippen LogP contribution in [0, 0.1) is 0 Å². The van der Waals surface area contributed by atoms with E-state index in [-0.39, 0.29) is 5.60 Å². The summed E-state index contributed by atoms with van der Waals surface area (Å²) < 4.78 is 15.3. The number of nitrogens with zero attached hydrogens (tertiary/aromatic N) is 2. The monoisotopic (exact) mass is 285 g/mol. The molecule has 1 aliphatic carbocycles. The third-order valence-electron chi connectivity index (χ3n) is 3.72. The number of anilines is 1. The summed E-state index contributed by atoms with van der Waals surface area (Å²) in [6.45, 7) is 1.43. The highest BCUT2D eigenvalue weighted by Gasteiger charge is 2.36. The van der Waals surface area contributed by atoms with E-state index in [4.69, 9.17) is 9.47 Å². The molecular weight excluding hydrogens is 262 g/mol. The van der Waals surface area contributed by atoms with E-state index in [0.29, 0.717) is 6.61 Å². The van der Waals surface area contributed by atoms with Gasteiger partial charge in [0.25, 0.3) is 0 Å². The van der Waals surface area contributed by atoms with Crippen LogP contribution in [0.3, 0.4) is 0 Å². The van der Waals surface area contributed by atoms with Gasteiger partial charge in [-0.2, -0.15) is 4.37 Å². The molecule has 0 spiro atoms. The van der Waals surface area contributed by atoms with Crippen molar-refractivity contribution in [1.82, 2.24) is 9.36 Å². The zero-order valence-electron chi connectivity index (χ0n) is 11.8. The minimum Gasteiger partial charge on any atom is -0.383 e. The Bertz CT molecular complexity index is 376. The third kappa shape index (κ3) is 3.64. The van der Waals surface area contributed by atoms with Crippen LogP contribution in [0.1, 0.15) is 44.3 Å². The summed E-state index contributed by atoms with van der Waals surface area (Å²) in [5.74, 6) is 0.849. The summed E-state index contributed by atoms with van der Waals surface area (Å²) in [7, 11) is 3.48. The second-order valence-electron chi connectivity index (χ2n) is 4.96. The maximum Gasteiger partial charge on any atom is 0.202 e. The van der Waals surface area contributed by atoms with Crippen molar-refractivity contribution in [3.8, 4) is 0 Å². The molecule has 6 heteroatoms. The zero-order chi connectivity index (χ0) is 13.6. The van der Waals surface area contributed by atoms with Crippen molar-refractivity contribution >= 4 is 16.7 Å². The number of nitrogens with one attached hydrogen (secondary N) is 1. The van der Waals surface area contributed by atoms with Crippen molar-refractivity contribution < 1.29 is 9.47 Å². The average Bonchev–Trinajstić information content (AvgIpc) is 2.77. The van der Waals surface area contributed by atoms with Gasteiger partial charge in [0, 0.05) is 32.3 Å². The van der Waals surface area contributed by atoms with Crippen LogP contribution in [0.2, 0.25) is 0 Å². The van der Waals surface area contributed by atoms with Crippen LogP contribution in [0.25, 0.3) is 0 Å². The van der Waals surface area contributed by atoms with E-state index in [0.717, 1.165) is 30.3 Å². The standard InChI is InChI=1S/C13H23N3O2S/c1-17-10-9-14-12-15-11(16-19-12)13(18-2)7-5-3-4-6-8-13/h3-10H2,1-2H3,(H,14,15,16). The van der Waals surface area contributed by atoms with Gasteiger partial charge in [-0.15, -0.1) is 0 Å². The van der Waals surface area contributed by atoms with E-state index in [1.807, 2.05) is 0 Å². The van der Waals surface area contributed by atoms with Crippen LogP contribution in [-0.4, -0.2) is 36.7 Å². The minimum absolute atomic E-state index is 0.270. The van der Waals surface area contributed by atoms with E-state index < -0.39 is 0 Å². The molecule has 0 amide bonds. The van der Waals surface area contributed by atoms with E-state index in [1.165, 1.54) is 37.2 Å². The Morgan fingerprint density at radius 2 is 1.95 bits per heavy atom. The number of hydrogen-bond donors (Lipinski definition) is 1. The number of aromatic nitrogens is 2. The molecule has 5 nitrogen and oxygen atoms in total. The minimum atomic E-state index is -0.270. The molecule has 1 fully saturated rings. The molecule has 1 heterocycles. The largest absolute Gasteiger partial charge is 0.383 e. The van der Waals surface area contributed by atoms with Gasteiger partial charge in [-0.05, 0) is 12.8 Å². The molecule has 0 aliphatic heterocycles. The molecule has 108 valence electrons. The van der Waals surface area contributed by atoms with Gasteiger partial charge >= 0.3 is 0 Å². The van der Waals surface area contributed by atoms with E-state index >= 15 is 0 Å². The maximum atomic E-state index is 5.81. The fraction of sp³-hybridized carbons (Fsp3) is 0.846. The van der Waals surface area contributed by atoms with Gasteiger partial charge in [-0.25, -0.2) is 4.98 Å². The van der Waals surface area contributed by atoms with Crippen LogP contribution < -0.4 is 5.32 Å². The predicted octanol–water partition coefficient (Wildman–Crippen LogP) is 2.79. The highest BCUT2D eigenvalue weighted by atomic mass is 32.1. The smallest absolute Gasteiger partial charge is 0.202 e. The highest BCUT2D eigenvalue weighted by molar-refractivity contribution is 7.09. The Labute approximate surface area is 118 Å². The van der Waals surface area contributed by atoms with E-state index in [1.54, 1.807) is 14.2 Å². The molecule has 2 rings (SSSR count). The second kappa shape index (κ2) is 7.17. The summed E-state index contributed by atoms with van der Waals surface area (Å²) in [5, 5.41) is 4.08. The topological polar surface area (TPSA) is 56.3 Å². The molecule has 1 N–H and O–H groups in total. The zero-order valence-corrected chi connectivity index (χ0v) is 12.6. The van der Waals surface area contributed by atoms with Crippen LogP contribution in [-0.2, 0) is 15.1 Å². The molecule has 0 radical (unpaired) electrons. The molecule has 1 aliphatic rings. The number of methoxy groups -OCH3 is 2. The molecule has 1 aromatic heterocycles. The maximum absolute atomic E-state index is 5.81. The lowest BCUT2D eigenvalue weighted by molar-refractivity contribution is -0.0341. The molecule has 0 unspecified atom stereocenters. The number of rotatable bonds is 6. The molecule has 1 aromatic rings. The van der Waals surface area contributed by atoms with Gasteiger partial charge in [-0.3, -0.25) is 0 Å². The first-order valence-electron chi connectivity index (χ1n) is 6.93. The Morgan fingerprint density at radius 1 is 1.21 bits per heavy atom. The fourth-order valence-corrected chi connectivity index (χ4v) is 3.23. The summed E-state index contributed by atoms with van der Waals surface area (Å²) in [6, 6.07) is 0. The van der Waals surface area contributed by atoms with Crippen molar-refractivity contribution in [1.29, 1.82) is 0 Å². The summed E-state index contributed by atoms with van der Waals surface area (Å²) in [4.78, 5) is 4.61. The SMILES string of the molecule is COCCNc1nc(C2(OC)CCCCCC2)ns1. The third-order valence-corrected chi connectivity index (χ3v) is 4.39. The molecule has 1 saturated carbocycles. The normalized spacial score (nSPS) is 19.1. The highest BCUT2D eigenvalue weighted by Crippen LogP contribution is 2.38. The Kier molecular flexibility index (Phi) is 5.54. The predicted molar refractivity (Wildman–Crippen MR) is 76.7 cm³/mol. The van der Waals surface area contributed by atoms with Gasteiger partial charge < -0.3 is 14.8 Å². The van der Waals surface area contributed by atoms with Crippen molar-refractivity contribution in [2.24, 2.45) is 0 Å². The molecule has 0 aromatic carbocycles. The molecule has 0 atom stereocenters. The van der Waals surface area contributed by atoms with Crippen LogP contribution in [0.15, 0.2) is 0 Å². The van der Waals surface area contributed by atoms with Crippen molar-refractivity contribution in [2.75, 3.05) is 32.7 Å². The number of hydrogen-bond acceptors (Lipinski definition) is 6. The fourth-order valence-electron chi connectivity index (χ4n) is 2.56.